The molecule has 0 spiro atoms. The van der Waals surface area contributed by atoms with Crippen molar-refractivity contribution in [3.63, 3.8) is 0 Å². The molecule has 7 nitrogen and oxygen atoms in total. The molecule has 0 bridgehead atoms. The molecule has 1 atom stereocenters. The summed E-state index contributed by atoms with van der Waals surface area (Å²) in [6.07, 6.45) is 1.000. The summed E-state index contributed by atoms with van der Waals surface area (Å²) in [5, 5.41) is 22.5. The fourth-order valence-electron chi connectivity index (χ4n) is 1.68. The molecule has 0 saturated carbocycles. The number of rotatable bonds is 4. The molecule has 3 N–H and O–H groups in total. The third-order valence-electron chi connectivity index (χ3n) is 2.84. The maximum absolute atomic E-state index is 11.8. The van der Waals surface area contributed by atoms with Gasteiger partial charge in [0.25, 0.3) is 0 Å². The van der Waals surface area contributed by atoms with Crippen LogP contribution in [0, 0.1) is 0 Å². The van der Waals surface area contributed by atoms with Crippen molar-refractivity contribution in [3.8, 4) is 0 Å². The molecule has 1 unspecified atom stereocenters. The quantitative estimate of drug-likeness (QED) is 0.781. The zero-order valence-electron chi connectivity index (χ0n) is 11.4. The minimum atomic E-state index is -0.571. The molecule has 2 rings (SSSR count). The van der Waals surface area contributed by atoms with E-state index in [1.165, 1.54) is 0 Å². The molecular weight excluding hydrogens is 258 g/mol. The first-order valence-corrected chi connectivity index (χ1v) is 6.22. The van der Waals surface area contributed by atoms with Crippen molar-refractivity contribution >= 4 is 11.7 Å². The first-order valence-electron chi connectivity index (χ1n) is 6.22. The number of urea groups is 1. The van der Waals surface area contributed by atoms with Crippen LogP contribution in [0.5, 0.6) is 0 Å². The lowest BCUT2D eigenvalue weighted by atomic mass is 10.1. The van der Waals surface area contributed by atoms with Crippen molar-refractivity contribution in [1.82, 2.24) is 20.1 Å². The Morgan fingerprint density at radius 2 is 2.30 bits per heavy atom. The van der Waals surface area contributed by atoms with Gasteiger partial charge in [0, 0.05) is 12.7 Å². The fraction of sp³-hybridized carbons (Fsp3) is 0.308. The zero-order valence-corrected chi connectivity index (χ0v) is 11.4. The van der Waals surface area contributed by atoms with Crippen LogP contribution in [-0.4, -0.2) is 25.9 Å². The van der Waals surface area contributed by atoms with Gasteiger partial charge in [0.15, 0.2) is 5.82 Å². The number of aryl methyl sites for hydroxylation is 1. The van der Waals surface area contributed by atoms with Crippen molar-refractivity contribution in [1.29, 1.82) is 0 Å². The Kier molecular flexibility index (Phi) is 4.31. The van der Waals surface area contributed by atoms with E-state index in [1.807, 2.05) is 0 Å². The maximum Gasteiger partial charge on any atom is 0.319 e. The Morgan fingerprint density at radius 1 is 1.50 bits per heavy atom. The zero-order chi connectivity index (χ0) is 14.5. The van der Waals surface area contributed by atoms with Gasteiger partial charge in [0.2, 0.25) is 0 Å². The lowest BCUT2D eigenvalue weighted by molar-refractivity contribution is 0.199. The number of nitrogens with one attached hydrogen (secondary N) is 2. The van der Waals surface area contributed by atoms with Crippen molar-refractivity contribution < 1.29 is 9.90 Å². The van der Waals surface area contributed by atoms with E-state index in [0.29, 0.717) is 18.1 Å². The Morgan fingerprint density at radius 3 is 2.95 bits per heavy atom. The number of nitrogens with zero attached hydrogens (tertiary/aromatic N) is 3. The monoisotopic (exact) mass is 275 g/mol. The van der Waals surface area contributed by atoms with Gasteiger partial charge in [-0.25, -0.2) is 4.79 Å². The molecule has 0 aliphatic heterocycles. The molecule has 0 saturated heterocycles. The number of carbonyl (C=O) groups is 1. The maximum atomic E-state index is 11.8. The van der Waals surface area contributed by atoms with Crippen molar-refractivity contribution in [3.05, 3.63) is 42.0 Å². The largest absolute Gasteiger partial charge is 0.389 e. The second-order valence-electron chi connectivity index (χ2n) is 4.47. The number of aromatic nitrogens is 3. The van der Waals surface area contributed by atoms with Crippen LogP contribution in [0.15, 0.2) is 30.6 Å². The van der Waals surface area contributed by atoms with E-state index in [2.05, 4.69) is 20.8 Å². The number of aliphatic hydroxyl groups excluding tert-OH is 1. The average molecular weight is 275 g/mol. The molecule has 20 heavy (non-hydrogen) atoms. The number of hydrogen-bond donors (Lipinski definition) is 3. The third-order valence-corrected chi connectivity index (χ3v) is 2.84. The van der Waals surface area contributed by atoms with Crippen molar-refractivity contribution in [2.24, 2.45) is 7.05 Å². The predicted octanol–water partition coefficient (Wildman–Crippen LogP) is 1.19. The average Bonchev–Trinajstić information content (AvgIpc) is 2.82. The summed E-state index contributed by atoms with van der Waals surface area (Å²) in [6, 6.07) is 6.73. The number of aliphatic hydroxyl groups is 1. The minimum absolute atomic E-state index is 0.290. The van der Waals surface area contributed by atoms with Crippen LogP contribution < -0.4 is 10.6 Å². The highest BCUT2D eigenvalue weighted by atomic mass is 16.3. The number of benzene rings is 1. The molecule has 1 aromatic heterocycles. The molecule has 1 heterocycles. The van der Waals surface area contributed by atoms with Crippen LogP contribution in [0.2, 0.25) is 0 Å². The van der Waals surface area contributed by atoms with Crippen molar-refractivity contribution in [2.75, 3.05) is 5.32 Å². The van der Waals surface area contributed by atoms with E-state index in [-0.39, 0.29) is 6.03 Å². The molecule has 7 heteroatoms. The highest BCUT2D eigenvalue weighted by Crippen LogP contribution is 2.16. The Bertz CT molecular complexity index is 594. The smallest absolute Gasteiger partial charge is 0.319 e. The van der Waals surface area contributed by atoms with Crippen LogP contribution in [0.1, 0.15) is 24.4 Å². The van der Waals surface area contributed by atoms with E-state index in [9.17, 15) is 9.90 Å². The van der Waals surface area contributed by atoms with Gasteiger partial charge in [-0.2, -0.15) is 0 Å². The Hall–Kier alpha value is -2.41. The lowest BCUT2D eigenvalue weighted by Crippen LogP contribution is -2.29. The summed E-state index contributed by atoms with van der Waals surface area (Å²) in [4.78, 5) is 11.8. The Labute approximate surface area is 116 Å². The van der Waals surface area contributed by atoms with Gasteiger partial charge in [-0.05, 0) is 24.6 Å². The van der Waals surface area contributed by atoms with Gasteiger partial charge in [-0.15, -0.1) is 10.2 Å². The second kappa shape index (κ2) is 6.16. The first kappa shape index (κ1) is 14.0. The van der Waals surface area contributed by atoms with Crippen LogP contribution in [0.25, 0.3) is 0 Å². The van der Waals surface area contributed by atoms with E-state index in [4.69, 9.17) is 0 Å². The van der Waals surface area contributed by atoms with Gasteiger partial charge in [-0.1, -0.05) is 12.1 Å². The van der Waals surface area contributed by atoms with Gasteiger partial charge in [0.05, 0.1) is 12.6 Å². The van der Waals surface area contributed by atoms with Gasteiger partial charge >= 0.3 is 6.03 Å². The van der Waals surface area contributed by atoms with Crippen LogP contribution in [0.4, 0.5) is 10.5 Å². The summed E-state index contributed by atoms with van der Waals surface area (Å²) in [7, 11) is 1.81. The normalized spacial score (nSPS) is 11.9. The van der Waals surface area contributed by atoms with Gasteiger partial charge < -0.3 is 20.3 Å². The SMILES string of the molecule is CC(O)c1cccc(NC(=O)NCc2nncn2C)c1. The van der Waals surface area contributed by atoms with Crippen molar-refractivity contribution in [2.45, 2.75) is 19.6 Å². The third kappa shape index (κ3) is 3.55. The van der Waals surface area contributed by atoms with E-state index >= 15 is 0 Å². The summed E-state index contributed by atoms with van der Waals surface area (Å²) >= 11 is 0. The summed E-state index contributed by atoms with van der Waals surface area (Å²) in [6.45, 7) is 1.96. The molecule has 0 aliphatic rings. The molecule has 2 aromatic rings. The van der Waals surface area contributed by atoms with E-state index in [0.717, 1.165) is 5.56 Å². The number of hydrogen-bond acceptors (Lipinski definition) is 4. The van der Waals surface area contributed by atoms with Gasteiger partial charge in [-0.3, -0.25) is 0 Å². The fourth-order valence-corrected chi connectivity index (χ4v) is 1.68. The number of carbonyl (C=O) groups excluding carboxylic acids is 1. The first-order chi connectivity index (χ1) is 9.56. The molecule has 1 aromatic carbocycles. The van der Waals surface area contributed by atoms with Gasteiger partial charge in [0.1, 0.15) is 6.33 Å². The summed E-state index contributed by atoms with van der Waals surface area (Å²) in [5.41, 5.74) is 1.37. The molecular formula is C13H17N5O2. The summed E-state index contributed by atoms with van der Waals surface area (Å²) < 4.78 is 1.73. The van der Waals surface area contributed by atoms with E-state index < -0.39 is 6.10 Å². The lowest BCUT2D eigenvalue weighted by Gasteiger charge is -2.10. The second-order valence-corrected chi connectivity index (χ2v) is 4.47. The standard InChI is InChI=1S/C13H17N5O2/c1-9(19)10-4-3-5-11(6-10)16-13(20)14-7-12-17-15-8-18(12)2/h3-6,8-9,19H,7H2,1-2H3,(H2,14,16,20). The van der Waals surface area contributed by atoms with Crippen LogP contribution in [-0.2, 0) is 13.6 Å². The highest BCUT2D eigenvalue weighted by Gasteiger charge is 2.06. The molecule has 0 radical (unpaired) electrons. The molecule has 2 amide bonds. The van der Waals surface area contributed by atoms with Crippen LogP contribution in [0.3, 0.4) is 0 Å². The number of anilines is 1. The molecule has 0 aliphatic carbocycles. The highest BCUT2D eigenvalue weighted by molar-refractivity contribution is 5.89. The topological polar surface area (TPSA) is 92.1 Å². The number of amides is 2. The minimum Gasteiger partial charge on any atom is -0.389 e. The summed E-state index contributed by atoms with van der Waals surface area (Å²) in [5.74, 6) is 0.665. The predicted molar refractivity (Wildman–Crippen MR) is 73.9 cm³/mol. The molecule has 0 fully saturated rings. The van der Waals surface area contributed by atoms with Crippen LogP contribution >= 0.6 is 0 Å². The Balaban J connectivity index is 1.91. The van der Waals surface area contributed by atoms with E-state index in [1.54, 1.807) is 49.1 Å². The molecule has 106 valence electrons.